The zero-order valence-corrected chi connectivity index (χ0v) is 16.6. The average Bonchev–Trinajstić information content (AvgIpc) is 3.35. The van der Waals surface area contributed by atoms with Gasteiger partial charge in [0.1, 0.15) is 11.5 Å². The molecule has 2 aliphatic heterocycles. The highest BCUT2D eigenvalue weighted by Crippen LogP contribution is 2.34. The summed E-state index contributed by atoms with van der Waals surface area (Å²) in [6, 6.07) is 16.7. The minimum absolute atomic E-state index is 0.151. The van der Waals surface area contributed by atoms with Crippen LogP contribution >= 0.6 is 0 Å². The lowest BCUT2D eigenvalue weighted by molar-refractivity contribution is -0.115. The third-order valence-corrected chi connectivity index (χ3v) is 5.75. The molecular formula is C23H26FN3O2. The number of halogens is 1. The zero-order chi connectivity index (χ0) is 20.3. The number of rotatable bonds is 6. The van der Waals surface area contributed by atoms with Gasteiger partial charge in [-0.2, -0.15) is 0 Å². The smallest absolute Gasteiger partial charge is 0.269 e. The molecule has 4 rings (SSSR count). The molecule has 0 bridgehead atoms. The van der Waals surface area contributed by atoms with Gasteiger partial charge < -0.3 is 10.2 Å². The van der Waals surface area contributed by atoms with Gasteiger partial charge in [-0.1, -0.05) is 54.5 Å². The Morgan fingerprint density at radius 3 is 2.76 bits per heavy atom. The Kier molecular flexibility index (Phi) is 5.62. The van der Waals surface area contributed by atoms with Crippen molar-refractivity contribution in [3.8, 4) is 0 Å². The van der Waals surface area contributed by atoms with Crippen LogP contribution in [-0.4, -0.2) is 41.8 Å². The number of oxime groups is 1. The summed E-state index contributed by atoms with van der Waals surface area (Å²) >= 11 is 0. The molecule has 2 aromatic carbocycles. The lowest BCUT2D eigenvalue weighted by Gasteiger charge is -2.21. The van der Waals surface area contributed by atoms with E-state index in [0.29, 0.717) is 25.2 Å². The first kappa shape index (κ1) is 19.6. The van der Waals surface area contributed by atoms with Crippen molar-refractivity contribution < 1.29 is 14.0 Å². The standard InChI is InChI=1S/C23H26FN3O2/c1-17(19-5-3-2-4-6-19)14-25-22(28)21-13-23(29-26-21)11-12-27(16-23)15-18-7-9-20(24)10-8-18/h2-10,17H,11-16H2,1H3,(H,25,28)/t17-,23-/m0/s1. The number of carbonyl (C=O) groups excluding carboxylic acids is 1. The molecule has 0 aliphatic carbocycles. The topological polar surface area (TPSA) is 53.9 Å². The predicted molar refractivity (Wildman–Crippen MR) is 110 cm³/mol. The van der Waals surface area contributed by atoms with Crippen molar-refractivity contribution in [2.75, 3.05) is 19.6 Å². The van der Waals surface area contributed by atoms with E-state index in [1.165, 1.54) is 17.7 Å². The Hall–Kier alpha value is -2.73. The second kappa shape index (κ2) is 8.33. The van der Waals surface area contributed by atoms with Crippen LogP contribution in [0.3, 0.4) is 0 Å². The van der Waals surface area contributed by atoms with Gasteiger partial charge in [-0.15, -0.1) is 0 Å². The van der Waals surface area contributed by atoms with Crippen LogP contribution in [0.5, 0.6) is 0 Å². The Bertz CT molecular complexity index is 885. The predicted octanol–water partition coefficient (Wildman–Crippen LogP) is 3.47. The summed E-state index contributed by atoms with van der Waals surface area (Å²) in [6.07, 6.45) is 1.35. The fourth-order valence-electron chi connectivity index (χ4n) is 4.02. The molecule has 0 aromatic heterocycles. The van der Waals surface area contributed by atoms with Gasteiger partial charge in [0.05, 0.1) is 0 Å². The minimum Gasteiger partial charge on any atom is -0.387 e. The fraction of sp³-hybridized carbons (Fsp3) is 0.391. The lowest BCUT2D eigenvalue weighted by atomic mass is 9.96. The van der Waals surface area contributed by atoms with Crippen LogP contribution in [0, 0.1) is 5.82 Å². The number of likely N-dealkylation sites (tertiary alicyclic amines) is 1. The van der Waals surface area contributed by atoms with Crippen LogP contribution in [0.15, 0.2) is 59.8 Å². The molecule has 5 nitrogen and oxygen atoms in total. The van der Waals surface area contributed by atoms with Crippen LogP contribution in [-0.2, 0) is 16.2 Å². The molecule has 2 heterocycles. The van der Waals surface area contributed by atoms with Crippen LogP contribution in [0.4, 0.5) is 4.39 Å². The molecule has 152 valence electrons. The second-order valence-corrected chi connectivity index (χ2v) is 8.10. The molecule has 1 N–H and O–H groups in total. The molecule has 29 heavy (non-hydrogen) atoms. The summed E-state index contributed by atoms with van der Waals surface area (Å²) in [5, 5.41) is 7.09. The van der Waals surface area contributed by atoms with E-state index in [1.54, 1.807) is 12.1 Å². The lowest BCUT2D eigenvalue weighted by Crippen LogP contribution is -2.37. The zero-order valence-electron chi connectivity index (χ0n) is 16.6. The molecule has 6 heteroatoms. The molecule has 1 spiro atoms. The van der Waals surface area contributed by atoms with Crippen LogP contribution in [0.2, 0.25) is 0 Å². The van der Waals surface area contributed by atoms with E-state index in [4.69, 9.17) is 4.84 Å². The molecule has 0 unspecified atom stereocenters. The van der Waals surface area contributed by atoms with Gasteiger partial charge in [-0.3, -0.25) is 9.69 Å². The van der Waals surface area contributed by atoms with E-state index in [9.17, 15) is 9.18 Å². The number of hydrogen-bond donors (Lipinski definition) is 1. The normalized spacial score (nSPS) is 22.3. The van der Waals surface area contributed by atoms with Gasteiger partial charge in [-0.25, -0.2) is 4.39 Å². The van der Waals surface area contributed by atoms with Crippen LogP contribution in [0.25, 0.3) is 0 Å². The highest BCUT2D eigenvalue weighted by Gasteiger charge is 2.46. The first-order valence-corrected chi connectivity index (χ1v) is 10.1. The molecule has 0 radical (unpaired) electrons. The third kappa shape index (κ3) is 4.65. The number of amides is 1. The van der Waals surface area contributed by atoms with Crippen LogP contribution in [0.1, 0.15) is 36.8 Å². The number of benzene rings is 2. The molecule has 1 fully saturated rings. The molecular weight excluding hydrogens is 369 g/mol. The highest BCUT2D eigenvalue weighted by molar-refractivity contribution is 6.39. The van der Waals surface area contributed by atoms with Gasteiger partial charge in [0.2, 0.25) is 0 Å². The summed E-state index contributed by atoms with van der Waals surface area (Å²) in [5.41, 5.74) is 2.31. The third-order valence-electron chi connectivity index (χ3n) is 5.75. The maximum absolute atomic E-state index is 13.1. The second-order valence-electron chi connectivity index (χ2n) is 8.10. The van der Waals surface area contributed by atoms with Crippen LogP contribution < -0.4 is 5.32 Å². The summed E-state index contributed by atoms with van der Waals surface area (Å²) in [7, 11) is 0. The molecule has 2 aromatic rings. The van der Waals surface area contributed by atoms with Gasteiger partial charge in [0.15, 0.2) is 5.60 Å². The maximum Gasteiger partial charge on any atom is 0.269 e. The Labute approximate surface area is 170 Å². The van der Waals surface area contributed by atoms with Gasteiger partial charge in [0.25, 0.3) is 5.91 Å². The monoisotopic (exact) mass is 395 g/mol. The van der Waals surface area contributed by atoms with E-state index in [-0.39, 0.29) is 17.6 Å². The van der Waals surface area contributed by atoms with E-state index < -0.39 is 5.60 Å². The quantitative estimate of drug-likeness (QED) is 0.815. The average molecular weight is 395 g/mol. The van der Waals surface area contributed by atoms with Gasteiger partial charge in [0, 0.05) is 39.0 Å². The fourth-order valence-corrected chi connectivity index (χ4v) is 4.02. The Balaban J connectivity index is 1.27. The largest absolute Gasteiger partial charge is 0.387 e. The molecule has 1 saturated heterocycles. The first-order chi connectivity index (χ1) is 14.0. The van der Waals surface area contributed by atoms with Crippen molar-refractivity contribution in [1.29, 1.82) is 0 Å². The van der Waals surface area contributed by atoms with Crippen molar-refractivity contribution in [2.24, 2.45) is 5.16 Å². The molecule has 0 saturated carbocycles. The van der Waals surface area contributed by atoms with E-state index >= 15 is 0 Å². The number of nitrogens with one attached hydrogen (secondary N) is 1. The highest BCUT2D eigenvalue weighted by atomic mass is 19.1. The summed E-state index contributed by atoms with van der Waals surface area (Å²) in [6.45, 7) is 4.97. The first-order valence-electron chi connectivity index (χ1n) is 10.1. The summed E-state index contributed by atoms with van der Waals surface area (Å²) in [4.78, 5) is 20.6. The summed E-state index contributed by atoms with van der Waals surface area (Å²) in [5.74, 6) is -0.146. The van der Waals surface area contributed by atoms with Gasteiger partial charge in [-0.05, 0) is 29.2 Å². The van der Waals surface area contributed by atoms with E-state index in [2.05, 4.69) is 34.4 Å². The van der Waals surface area contributed by atoms with Crippen molar-refractivity contribution in [2.45, 2.75) is 37.8 Å². The molecule has 2 aliphatic rings. The number of nitrogens with zero attached hydrogens (tertiary/aromatic N) is 2. The molecule has 1 amide bonds. The van der Waals surface area contributed by atoms with Crippen molar-refractivity contribution in [1.82, 2.24) is 10.2 Å². The van der Waals surface area contributed by atoms with Crippen molar-refractivity contribution in [3.63, 3.8) is 0 Å². The number of carbonyl (C=O) groups is 1. The Morgan fingerprint density at radius 1 is 1.24 bits per heavy atom. The van der Waals surface area contributed by atoms with Crippen molar-refractivity contribution >= 4 is 11.6 Å². The Morgan fingerprint density at radius 2 is 2.00 bits per heavy atom. The SMILES string of the molecule is C[C@@H](CNC(=O)C1=NO[C@@]2(CCN(Cc3ccc(F)cc3)C2)C1)c1ccccc1. The van der Waals surface area contributed by atoms with Gasteiger partial charge >= 0.3 is 0 Å². The van der Waals surface area contributed by atoms with E-state index in [1.807, 2.05) is 18.2 Å². The summed E-state index contributed by atoms with van der Waals surface area (Å²) < 4.78 is 13.1. The molecule has 2 atom stereocenters. The maximum atomic E-state index is 13.1. The minimum atomic E-state index is -0.419. The van der Waals surface area contributed by atoms with E-state index in [0.717, 1.165) is 25.1 Å². The van der Waals surface area contributed by atoms with Crippen molar-refractivity contribution in [3.05, 3.63) is 71.5 Å². The number of hydrogen-bond acceptors (Lipinski definition) is 4.